The maximum absolute atomic E-state index is 2.26. The average Bonchev–Trinajstić information content (AvgIpc) is 1.98. The van der Waals surface area contributed by atoms with Crippen LogP contribution < -0.4 is 0 Å². The van der Waals surface area contributed by atoms with Crippen molar-refractivity contribution in [2.75, 3.05) is 0 Å². The third kappa shape index (κ3) is 1.96. The number of hydrogen-bond donors (Lipinski definition) is 0. The first-order chi connectivity index (χ1) is 4.13. The molecular weight excluding hydrogens is 262 g/mol. The first-order valence-electron chi connectivity index (χ1n) is 3.20. The molecule has 0 spiro atoms. The van der Waals surface area contributed by atoms with Crippen LogP contribution in [0.3, 0.4) is 0 Å². The van der Waals surface area contributed by atoms with Crippen LogP contribution in [0.25, 0.3) is 0 Å². The molecule has 0 unspecified atom stereocenters. The first-order valence-corrected chi connectivity index (χ1v) is 5.07. The van der Waals surface area contributed by atoms with Gasteiger partial charge in [-0.3, -0.25) is 0 Å². The maximum atomic E-state index is 2.26. The summed E-state index contributed by atoms with van der Waals surface area (Å²) in [4.78, 5) is 0. The molecule has 0 aromatic carbocycles. The molecule has 0 aromatic heterocycles. The number of rotatable bonds is 0. The van der Waals surface area contributed by atoms with Gasteiger partial charge in [0.05, 0.1) is 0 Å². The SMILES string of the molecule is CC1=C(C)C(C)=C(C)[As]1.[Zr]. The quantitative estimate of drug-likeness (QED) is 0.595. The van der Waals surface area contributed by atoms with Gasteiger partial charge in [0.15, 0.2) is 0 Å². The van der Waals surface area contributed by atoms with E-state index >= 15 is 0 Å². The molecule has 1 radical (unpaired) electrons. The molecule has 1 rings (SSSR count). The van der Waals surface area contributed by atoms with Gasteiger partial charge >= 0.3 is 63.3 Å². The Bertz CT molecular complexity index is 179. The van der Waals surface area contributed by atoms with E-state index in [9.17, 15) is 0 Å². The van der Waals surface area contributed by atoms with Gasteiger partial charge in [-0.25, -0.2) is 0 Å². The minimum absolute atomic E-state index is 0. The van der Waals surface area contributed by atoms with Crippen LogP contribution in [0.15, 0.2) is 19.9 Å². The van der Waals surface area contributed by atoms with Crippen molar-refractivity contribution in [2.24, 2.45) is 0 Å². The second-order valence-electron chi connectivity index (χ2n) is 2.53. The second kappa shape index (κ2) is 4.07. The van der Waals surface area contributed by atoms with Crippen molar-refractivity contribution in [3.05, 3.63) is 19.9 Å². The van der Waals surface area contributed by atoms with E-state index in [4.69, 9.17) is 0 Å². The number of hydrogen-bond acceptors (Lipinski definition) is 0. The number of allylic oxidation sites excluding steroid dienone is 4. The van der Waals surface area contributed by atoms with Crippen LogP contribution in [0.4, 0.5) is 0 Å². The molecule has 53 valence electrons. The van der Waals surface area contributed by atoms with Crippen molar-refractivity contribution in [3.8, 4) is 0 Å². The Morgan fingerprint density at radius 2 is 1.10 bits per heavy atom. The van der Waals surface area contributed by atoms with E-state index < -0.39 is 0 Å². The minimum atomic E-state index is 0. The van der Waals surface area contributed by atoms with Gasteiger partial charge in [0.25, 0.3) is 0 Å². The smallest absolute Gasteiger partial charge is 0 e. The molecule has 1 aliphatic heterocycles. The van der Waals surface area contributed by atoms with Gasteiger partial charge in [0.1, 0.15) is 0 Å². The third-order valence-corrected chi connectivity index (χ3v) is 4.80. The molecule has 0 nitrogen and oxygen atoms in total. The van der Waals surface area contributed by atoms with Gasteiger partial charge in [-0.2, -0.15) is 0 Å². The van der Waals surface area contributed by atoms with E-state index in [1.54, 1.807) is 19.9 Å². The molecule has 1 aliphatic rings. The Morgan fingerprint density at radius 3 is 1.20 bits per heavy atom. The molecule has 0 aromatic rings. The van der Waals surface area contributed by atoms with Crippen molar-refractivity contribution in [1.82, 2.24) is 0 Å². The summed E-state index contributed by atoms with van der Waals surface area (Å²) < 4.78 is 3.28. The standard InChI is InChI=1S/C8H12As.Zr/c1-5-6(2)8(4)9-7(5)3;/h1-4H3;. The molecule has 0 bridgehead atoms. The molecular formula is C8H12AsZr. The van der Waals surface area contributed by atoms with Gasteiger partial charge < -0.3 is 0 Å². The van der Waals surface area contributed by atoms with Crippen LogP contribution in [0, 0.1) is 0 Å². The molecule has 0 atom stereocenters. The summed E-state index contributed by atoms with van der Waals surface area (Å²) in [6.07, 6.45) is 0. The van der Waals surface area contributed by atoms with E-state index in [1.807, 2.05) is 0 Å². The van der Waals surface area contributed by atoms with E-state index in [-0.39, 0.29) is 26.2 Å². The molecule has 0 saturated heterocycles. The summed E-state index contributed by atoms with van der Waals surface area (Å²) in [6, 6.07) is 0. The molecule has 0 aliphatic carbocycles. The Labute approximate surface area is 89.0 Å². The van der Waals surface area contributed by atoms with Gasteiger partial charge in [-0.05, 0) is 0 Å². The van der Waals surface area contributed by atoms with E-state index in [1.165, 1.54) is 0 Å². The minimum Gasteiger partial charge on any atom is 0 e. The van der Waals surface area contributed by atoms with Crippen molar-refractivity contribution in [3.63, 3.8) is 0 Å². The molecule has 0 N–H and O–H groups in total. The Hall–Kier alpha value is 0.922. The summed E-state index contributed by atoms with van der Waals surface area (Å²) in [5.74, 6) is 0. The van der Waals surface area contributed by atoms with Crippen LogP contribution >= 0.6 is 0 Å². The molecule has 2 heteroatoms. The molecule has 0 amide bonds. The first kappa shape index (κ1) is 10.9. The van der Waals surface area contributed by atoms with E-state index in [0.29, 0.717) is 15.8 Å². The van der Waals surface area contributed by atoms with Crippen LogP contribution in [-0.4, -0.2) is 15.8 Å². The van der Waals surface area contributed by atoms with Gasteiger partial charge in [0.2, 0.25) is 0 Å². The molecule has 0 saturated carbocycles. The average molecular weight is 274 g/mol. The summed E-state index contributed by atoms with van der Waals surface area (Å²) in [5.41, 5.74) is 3.10. The largest absolute Gasteiger partial charge is 0 e. The normalized spacial score (nSPS) is 18.0. The Kier molecular flexibility index (Phi) is 4.45. The molecule has 0 fully saturated rings. The topological polar surface area (TPSA) is 0 Å². The second-order valence-corrected chi connectivity index (χ2v) is 5.82. The van der Waals surface area contributed by atoms with Crippen LogP contribution in [0.1, 0.15) is 27.7 Å². The summed E-state index contributed by atoms with van der Waals surface area (Å²) in [6.45, 7) is 8.98. The fourth-order valence-electron chi connectivity index (χ4n) is 0.962. The van der Waals surface area contributed by atoms with Gasteiger partial charge in [-0.1, -0.05) is 0 Å². The van der Waals surface area contributed by atoms with Crippen LogP contribution in [0.5, 0.6) is 0 Å². The zero-order valence-electron chi connectivity index (χ0n) is 6.95. The zero-order chi connectivity index (χ0) is 7.02. The van der Waals surface area contributed by atoms with E-state index in [0.717, 1.165) is 0 Å². The maximum Gasteiger partial charge on any atom is 0 e. The van der Waals surface area contributed by atoms with Gasteiger partial charge in [0, 0.05) is 26.2 Å². The summed E-state index contributed by atoms with van der Waals surface area (Å²) >= 11 is 0.430. The summed E-state index contributed by atoms with van der Waals surface area (Å²) in [5, 5.41) is 0. The fraction of sp³-hybridized carbons (Fsp3) is 0.500. The fourth-order valence-corrected chi connectivity index (χ4v) is 3.42. The summed E-state index contributed by atoms with van der Waals surface area (Å²) in [7, 11) is 0. The predicted octanol–water partition coefficient (Wildman–Crippen LogP) is 2.29. The third-order valence-electron chi connectivity index (χ3n) is 1.98. The van der Waals surface area contributed by atoms with Crippen molar-refractivity contribution in [1.29, 1.82) is 0 Å². The Balaban J connectivity index is 0.000000810. The van der Waals surface area contributed by atoms with Crippen molar-refractivity contribution >= 4 is 15.8 Å². The van der Waals surface area contributed by atoms with Crippen molar-refractivity contribution in [2.45, 2.75) is 27.7 Å². The predicted molar refractivity (Wildman–Crippen MR) is 42.5 cm³/mol. The van der Waals surface area contributed by atoms with Crippen LogP contribution in [-0.2, 0) is 26.2 Å². The molecule has 1 heterocycles. The monoisotopic (exact) mass is 273 g/mol. The van der Waals surface area contributed by atoms with Crippen LogP contribution in [0.2, 0.25) is 0 Å². The van der Waals surface area contributed by atoms with Gasteiger partial charge in [-0.15, -0.1) is 0 Å². The van der Waals surface area contributed by atoms with Crippen molar-refractivity contribution < 1.29 is 26.2 Å². The Morgan fingerprint density at radius 1 is 0.800 bits per heavy atom. The zero-order valence-corrected chi connectivity index (χ0v) is 11.3. The van der Waals surface area contributed by atoms with E-state index in [2.05, 4.69) is 27.7 Å². The molecule has 10 heavy (non-hydrogen) atoms.